The third-order valence-electron chi connectivity index (χ3n) is 5.09. The Labute approximate surface area is 182 Å². The molecule has 174 valence electrons. The van der Waals surface area contributed by atoms with Crippen LogP contribution in [0.4, 0.5) is 0 Å². The number of unbranched alkanes of at least 4 members (excludes halogenated alkanes) is 1. The van der Waals surface area contributed by atoms with Crippen LogP contribution in [0.5, 0.6) is 0 Å². The molecule has 9 heteroatoms. The molecule has 0 aromatic heterocycles. The smallest absolute Gasteiger partial charge is 0.302 e. The Morgan fingerprint density at radius 2 is 2.03 bits per heavy atom. The lowest BCUT2D eigenvalue weighted by molar-refractivity contribution is -0.157. The Hall–Kier alpha value is -1.91. The van der Waals surface area contributed by atoms with Gasteiger partial charge >= 0.3 is 5.97 Å². The van der Waals surface area contributed by atoms with E-state index in [1.54, 1.807) is 12.2 Å². The predicted molar refractivity (Wildman–Crippen MR) is 109 cm³/mol. The molecule has 1 saturated heterocycles. The van der Waals surface area contributed by atoms with Crippen LogP contribution in [-0.2, 0) is 33.3 Å². The number of carbonyl (C=O) groups is 3. The Morgan fingerprint density at radius 1 is 1.29 bits per heavy atom. The number of hydrogen-bond donors (Lipinski definition) is 2. The van der Waals surface area contributed by atoms with Gasteiger partial charge < -0.3 is 29.2 Å². The maximum Gasteiger partial charge on any atom is 0.302 e. The van der Waals surface area contributed by atoms with Crippen molar-refractivity contribution in [3.05, 3.63) is 24.8 Å². The number of ketones is 2. The topological polar surface area (TPSA) is 129 Å². The monoisotopic (exact) mass is 440 g/mol. The highest BCUT2D eigenvalue weighted by Crippen LogP contribution is 2.29. The highest BCUT2D eigenvalue weighted by molar-refractivity contribution is 5.97. The number of rotatable bonds is 12. The van der Waals surface area contributed by atoms with E-state index in [1.807, 2.05) is 6.92 Å². The molecule has 2 N–H and O–H groups in total. The summed E-state index contributed by atoms with van der Waals surface area (Å²) in [5.74, 6) is -1.52. The summed E-state index contributed by atoms with van der Waals surface area (Å²) in [6.07, 6.45) is -1.04. The number of esters is 1. The highest BCUT2D eigenvalue weighted by atomic mass is 16.6. The quantitative estimate of drug-likeness (QED) is 0.255. The average molecular weight is 440 g/mol. The Kier molecular flexibility index (Phi) is 9.98. The van der Waals surface area contributed by atoms with Crippen molar-refractivity contribution in [3.8, 4) is 0 Å². The normalized spacial score (nSPS) is 30.3. The zero-order valence-corrected chi connectivity index (χ0v) is 18.0. The summed E-state index contributed by atoms with van der Waals surface area (Å²) in [5, 5.41) is 20.9. The molecule has 2 aliphatic rings. The van der Waals surface area contributed by atoms with Gasteiger partial charge in [-0.3, -0.25) is 14.4 Å². The van der Waals surface area contributed by atoms with Gasteiger partial charge in [0.15, 0.2) is 11.6 Å². The van der Waals surface area contributed by atoms with E-state index in [4.69, 9.17) is 18.9 Å². The van der Waals surface area contributed by atoms with E-state index in [0.717, 1.165) is 12.8 Å². The highest BCUT2D eigenvalue weighted by Gasteiger charge is 2.51. The van der Waals surface area contributed by atoms with Gasteiger partial charge in [0.2, 0.25) is 0 Å². The lowest BCUT2D eigenvalue weighted by Gasteiger charge is -2.30. The van der Waals surface area contributed by atoms with Crippen LogP contribution in [0.15, 0.2) is 24.8 Å². The molecule has 1 fully saturated rings. The van der Waals surface area contributed by atoms with E-state index < -0.39 is 60.3 Å². The van der Waals surface area contributed by atoms with Crippen LogP contribution in [0.2, 0.25) is 0 Å². The van der Waals surface area contributed by atoms with Crippen LogP contribution in [0.25, 0.3) is 0 Å². The van der Waals surface area contributed by atoms with E-state index in [-0.39, 0.29) is 13.0 Å². The van der Waals surface area contributed by atoms with E-state index in [2.05, 4.69) is 6.58 Å². The minimum absolute atomic E-state index is 0.0442. The fraction of sp³-hybridized carbons (Fsp3) is 0.682. The third kappa shape index (κ3) is 7.05. The van der Waals surface area contributed by atoms with Crippen LogP contribution < -0.4 is 0 Å². The van der Waals surface area contributed by atoms with Gasteiger partial charge in [0.1, 0.15) is 31.0 Å². The van der Waals surface area contributed by atoms with Crippen molar-refractivity contribution in [2.45, 2.75) is 82.3 Å². The van der Waals surface area contributed by atoms with Gasteiger partial charge in [-0.25, -0.2) is 0 Å². The van der Waals surface area contributed by atoms with Crippen LogP contribution >= 0.6 is 0 Å². The summed E-state index contributed by atoms with van der Waals surface area (Å²) in [6, 6.07) is 0. The minimum atomic E-state index is -1.54. The predicted octanol–water partition coefficient (Wildman–Crippen LogP) is 0.652. The van der Waals surface area contributed by atoms with Crippen LogP contribution in [0.1, 0.15) is 39.5 Å². The molecule has 0 saturated carbocycles. The van der Waals surface area contributed by atoms with Gasteiger partial charge in [-0.05, 0) is 18.9 Å². The van der Waals surface area contributed by atoms with Crippen molar-refractivity contribution in [2.24, 2.45) is 0 Å². The summed E-state index contributed by atoms with van der Waals surface area (Å²) >= 11 is 0. The molecule has 7 atom stereocenters. The maximum absolute atomic E-state index is 13.0. The number of ether oxygens (including phenoxy) is 4. The second kappa shape index (κ2) is 12.2. The first kappa shape index (κ1) is 25.4. The van der Waals surface area contributed by atoms with E-state index >= 15 is 0 Å². The zero-order chi connectivity index (χ0) is 23.0. The molecule has 0 amide bonds. The molecule has 2 heterocycles. The summed E-state index contributed by atoms with van der Waals surface area (Å²) in [6.45, 7) is 6.88. The summed E-state index contributed by atoms with van der Waals surface area (Å²) in [5.41, 5.74) is 0. The van der Waals surface area contributed by atoms with Crippen LogP contribution in [0, 0.1) is 0 Å². The van der Waals surface area contributed by atoms with Gasteiger partial charge in [-0.1, -0.05) is 25.5 Å². The average Bonchev–Trinajstić information content (AvgIpc) is 3.03. The van der Waals surface area contributed by atoms with Crippen molar-refractivity contribution in [2.75, 3.05) is 13.2 Å². The Balaban J connectivity index is 2.10. The van der Waals surface area contributed by atoms with Crippen LogP contribution in [0.3, 0.4) is 0 Å². The molecular formula is C22H32O9. The fourth-order valence-corrected chi connectivity index (χ4v) is 3.50. The molecule has 31 heavy (non-hydrogen) atoms. The first-order valence-corrected chi connectivity index (χ1v) is 10.6. The number of aliphatic hydroxyl groups excluding tert-OH is 2. The molecule has 0 bridgehead atoms. The van der Waals surface area contributed by atoms with E-state index in [0.29, 0.717) is 13.0 Å². The molecule has 0 radical (unpaired) electrons. The number of carbonyl (C=O) groups excluding carboxylic acids is 3. The first-order valence-electron chi connectivity index (χ1n) is 10.6. The van der Waals surface area contributed by atoms with Gasteiger partial charge in [0.25, 0.3) is 0 Å². The van der Waals surface area contributed by atoms with Crippen molar-refractivity contribution >= 4 is 17.5 Å². The van der Waals surface area contributed by atoms with Gasteiger partial charge in [0.05, 0.1) is 18.3 Å². The number of Topliss-reactive ketones (excluding diaryl/α,β-unsaturated/α-hetero) is 1. The molecule has 1 unspecified atom stereocenters. The van der Waals surface area contributed by atoms with Gasteiger partial charge in [-0.2, -0.15) is 0 Å². The fourth-order valence-electron chi connectivity index (χ4n) is 3.50. The van der Waals surface area contributed by atoms with Crippen LogP contribution in [-0.4, -0.2) is 83.7 Å². The van der Waals surface area contributed by atoms with Crippen molar-refractivity contribution in [1.29, 1.82) is 0 Å². The van der Waals surface area contributed by atoms with Crippen molar-refractivity contribution < 1.29 is 43.5 Å². The maximum atomic E-state index is 13.0. The van der Waals surface area contributed by atoms with Crippen molar-refractivity contribution in [3.63, 3.8) is 0 Å². The Morgan fingerprint density at radius 3 is 2.68 bits per heavy atom. The molecule has 0 aromatic rings. The lowest BCUT2D eigenvalue weighted by Crippen LogP contribution is -2.49. The number of aliphatic hydroxyl groups is 2. The second-order valence-corrected chi connectivity index (χ2v) is 7.71. The number of hydrogen-bond acceptors (Lipinski definition) is 9. The van der Waals surface area contributed by atoms with Gasteiger partial charge in [-0.15, -0.1) is 6.58 Å². The molecule has 0 aliphatic carbocycles. The first-order chi connectivity index (χ1) is 14.8. The minimum Gasteiger partial charge on any atom is -0.463 e. The molecule has 0 spiro atoms. The summed E-state index contributed by atoms with van der Waals surface area (Å²) < 4.78 is 21.9. The summed E-state index contributed by atoms with van der Waals surface area (Å²) in [7, 11) is 0. The third-order valence-corrected chi connectivity index (χ3v) is 5.09. The van der Waals surface area contributed by atoms with Gasteiger partial charge in [0, 0.05) is 20.0 Å². The van der Waals surface area contributed by atoms with E-state index in [1.165, 1.54) is 13.0 Å². The second-order valence-electron chi connectivity index (χ2n) is 7.71. The largest absolute Gasteiger partial charge is 0.463 e. The SMILES string of the molecule is C=CC[C@@H]1C=CC(=O)[C@@H]([C@@H](O)[C@@H]2O[C@H](CC(O)COC(C)=O)[C@H](OCCCC)C2=O)O1. The zero-order valence-electron chi connectivity index (χ0n) is 18.0. The lowest BCUT2D eigenvalue weighted by atomic mass is 9.96. The molecule has 0 aromatic carbocycles. The van der Waals surface area contributed by atoms with Crippen molar-refractivity contribution in [1.82, 2.24) is 0 Å². The van der Waals surface area contributed by atoms with E-state index in [9.17, 15) is 24.6 Å². The Bertz CT molecular complexity index is 674. The molecule has 2 aliphatic heterocycles. The molecular weight excluding hydrogens is 408 g/mol. The molecule has 9 nitrogen and oxygen atoms in total. The summed E-state index contributed by atoms with van der Waals surface area (Å²) in [4.78, 5) is 36.2. The standard InChI is InChI=1S/C22H32O9/c1-4-6-10-28-21-17(11-14(24)12-29-13(3)23)31-22(19(21)27)18(26)20-16(25)9-8-15(30-20)7-5-2/h5,8-9,14-15,17-18,20-22,24,26H,2,4,6-7,10-12H2,1,3H3/t14?,15-,17-,18-,20+,21+,22+/m1/s1. The molecule has 2 rings (SSSR count).